The maximum absolute atomic E-state index is 11.9. The summed E-state index contributed by atoms with van der Waals surface area (Å²) in [6.45, 7) is 4.08. The highest BCUT2D eigenvalue weighted by atomic mass is 32.2. The molecular weight excluding hydrogens is 326 g/mol. The number of rotatable bonds is 11. The molecular formula is C18H29NO4S. The van der Waals surface area contributed by atoms with Gasteiger partial charge in [0, 0.05) is 12.1 Å². The van der Waals surface area contributed by atoms with Crippen molar-refractivity contribution in [1.82, 2.24) is 5.32 Å². The molecule has 1 aromatic rings. The fourth-order valence-electron chi connectivity index (χ4n) is 2.24. The zero-order valence-corrected chi connectivity index (χ0v) is 15.7. The van der Waals surface area contributed by atoms with Crippen LogP contribution in [0.5, 0.6) is 5.75 Å². The van der Waals surface area contributed by atoms with Gasteiger partial charge in [-0.1, -0.05) is 19.3 Å². The first-order valence-electron chi connectivity index (χ1n) is 8.50. The summed E-state index contributed by atoms with van der Waals surface area (Å²) in [5.74, 6) is 0.922. The van der Waals surface area contributed by atoms with Gasteiger partial charge in [0.1, 0.15) is 5.75 Å². The predicted octanol–water partition coefficient (Wildman–Crippen LogP) is 3.20. The third kappa shape index (κ3) is 7.34. The second-order valence-corrected chi connectivity index (χ2v) is 8.84. The molecule has 0 heterocycles. The summed E-state index contributed by atoms with van der Waals surface area (Å²) in [5, 5.41) is 2.60. The van der Waals surface area contributed by atoms with Gasteiger partial charge >= 0.3 is 0 Å². The molecule has 0 saturated carbocycles. The molecule has 0 aromatic heterocycles. The number of ether oxygens (including phenoxy) is 1. The normalized spacial score (nSPS) is 11.5. The van der Waals surface area contributed by atoms with Crippen LogP contribution in [0.15, 0.2) is 24.3 Å². The molecule has 1 amide bonds. The SMILES string of the molecule is COc1ccc(C(=O)NCCCCCCCS(=O)(=O)C(C)C)cc1. The van der Waals surface area contributed by atoms with Gasteiger partial charge in [-0.15, -0.1) is 0 Å². The molecule has 136 valence electrons. The monoisotopic (exact) mass is 355 g/mol. The minimum atomic E-state index is -2.91. The molecule has 0 aliphatic heterocycles. The van der Waals surface area contributed by atoms with E-state index in [2.05, 4.69) is 5.32 Å². The fraction of sp³-hybridized carbons (Fsp3) is 0.611. The Kier molecular flexibility index (Phi) is 8.82. The number of benzene rings is 1. The molecule has 0 spiro atoms. The molecule has 24 heavy (non-hydrogen) atoms. The van der Waals surface area contributed by atoms with E-state index in [1.807, 2.05) is 0 Å². The summed E-state index contributed by atoms with van der Waals surface area (Å²) < 4.78 is 28.4. The number of carbonyl (C=O) groups is 1. The quantitative estimate of drug-likeness (QED) is 0.619. The van der Waals surface area contributed by atoms with E-state index in [0.29, 0.717) is 12.1 Å². The summed E-state index contributed by atoms with van der Waals surface area (Å²) >= 11 is 0. The highest BCUT2D eigenvalue weighted by molar-refractivity contribution is 7.91. The minimum Gasteiger partial charge on any atom is -0.497 e. The third-order valence-corrected chi connectivity index (χ3v) is 6.26. The average Bonchev–Trinajstić information content (AvgIpc) is 2.56. The van der Waals surface area contributed by atoms with E-state index in [1.54, 1.807) is 45.2 Å². The molecule has 1 aromatic carbocycles. The molecule has 0 radical (unpaired) electrons. The smallest absolute Gasteiger partial charge is 0.251 e. The molecule has 0 fully saturated rings. The van der Waals surface area contributed by atoms with Gasteiger partial charge in [-0.3, -0.25) is 4.79 Å². The molecule has 0 saturated heterocycles. The number of amides is 1. The summed E-state index contributed by atoms with van der Waals surface area (Å²) in [5.41, 5.74) is 0.620. The van der Waals surface area contributed by atoms with Gasteiger partial charge < -0.3 is 10.1 Å². The standard InChI is InChI=1S/C18H29NO4S/c1-15(2)24(21,22)14-8-6-4-5-7-13-19-18(20)16-9-11-17(23-3)12-10-16/h9-12,15H,4-8,13-14H2,1-3H3,(H,19,20). The van der Waals surface area contributed by atoms with Crippen LogP contribution in [-0.4, -0.2) is 39.0 Å². The van der Waals surface area contributed by atoms with Crippen molar-refractivity contribution in [2.24, 2.45) is 0 Å². The lowest BCUT2D eigenvalue weighted by molar-refractivity contribution is 0.0953. The van der Waals surface area contributed by atoms with E-state index < -0.39 is 9.84 Å². The fourth-order valence-corrected chi connectivity index (χ4v) is 3.32. The van der Waals surface area contributed by atoms with Crippen molar-refractivity contribution in [2.45, 2.75) is 51.2 Å². The number of nitrogens with one attached hydrogen (secondary N) is 1. The second-order valence-electron chi connectivity index (χ2n) is 6.17. The van der Waals surface area contributed by atoms with Crippen molar-refractivity contribution in [2.75, 3.05) is 19.4 Å². The highest BCUT2D eigenvalue weighted by Gasteiger charge is 2.14. The first-order valence-corrected chi connectivity index (χ1v) is 10.2. The molecule has 6 heteroatoms. The molecule has 0 atom stereocenters. The Hall–Kier alpha value is -1.56. The van der Waals surface area contributed by atoms with Crippen molar-refractivity contribution >= 4 is 15.7 Å². The highest BCUT2D eigenvalue weighted by Crippen LogP contribution is 2.11. The molecule has 0 bridgehead atoms. The molecule has 5 nitrogen and oxygen atoms in total. The van der Waals surface area contributed by atoms with Crippen molar-refractivity contribution in [3.8, 4) is 5.75 Å². The van der Waals surface area contributed by atoms with E-state index in [4.69, 9.17) is 4.74 Å². The van der Waals surface area contributed by atoms with E-state index in [9.17, 15) is 13.2 Å². The topological polar surface area (TPSA) is 72.5 Å². The number of hydrogen-bond acceptors (Lipinski definition) is 4. The second kappa shape index (κ2) is 10.3. The molecule has 0 aliphatic rings. The largest absolute Gasteiger partial charge is 0.497 e. The first kappa shape index (κ1) is 20.5. The van der Waals surface area contributed by atoms with E-state index in [1.165, 1.54) is 0 Å². The van der Waals surface area contributed by atoms with Crippen LogP contribution in [0.4, 0.5) is 0 Å². The Morgan fingerprint density at radius 2 is 1.62 bits per heavy atom. The van der Waals surface area contributed by atoms with Crippen LogP contribution in [0, 0.1) is 0 Å². The zero-order chi connectivity index (χ0) is 18.0. The Balaban J connectivity index is 2.10. The number of sulfone groups is 1. The van der Waals surface area contributed by atoms with Crippen molar-refractivity contribution in [3.63, 3.8) is 0 Å². The average molecular weight is 356 g/mol. The van der Waals surface area contributed by atoms with Crippen LogP contribution in [0.3, 0.4) is 0 Å². The molecule has 1 N–H and O–H groups in total. The summed E-state index contributed by atoms with van der Waals surface area (Å²) in [6.07, 6.45) is 4.52. The lowest BCUT2D eigenvalue weighted by atomic mass is 10.1. The van der Waals surface area contributed by atoms with E-state index >= 15 is 0 Å². The van der Waals surface area contributed by atoms with Crippen LogP contribution in [-0.2, 0) is 9.84 Å². The van der Waals surface area contributed by atoms with Gasteiger partial charge in [0.15, 0.2) is 9.84 Å². The first-order chi connectivity index (χ1) is 11.4. The maximum atomic E-state index is 11.9. The van der Waals surface area contributed by atoms with Gasteiger partial charge in [-0.05, 0) is 51.0 Å². The molecule has 0 unspecified atom stereocenters. The Morgan fingerprint density at radius 3 is 2.21 bits per heavy atom. The van der Waals surface area contributed by atoms with E-state index in [0.717, 1.165) is 37.9 Å². The van der Waals surface area contributed by atoms with Gasteiger partial charge in [-0.2, -0.15) is 0 Å². The van der Waals surface area contributed by atoms with Gasteiger partial charge in [0.05, 0.1) is 18.1 Å². The summed E-state index contributed by atoms with van der Waals surface area (Å²) in [6, 6.07) is 7.01. The van der Waals surface area contributed by atoms with E-state index in [-0.39, 0.29) is 16.9 Å². The maximum Gasteiger partial charge on any atom is 0.251 e. The van der Waals surface area contributed by atoms with Crippen molar-refractivity contribution in [3.05, 3.63) is 29.8 Å². The molecule has 0 aliphatic carbocycles. The van der Waals surface area contributed by atoms with Crippen LogP contribution in [0.1, 0.15) is 56.3 Å². The Morgan fingerprint density at radius 1 is 1.04 bits per heavy atom. The van der Waals surface area contributed by atoms with Gasteiger partial charge in [-0.25, -0.2) is 8.42 Å². The zero-order valence-electron chi connectivity index (χ0n) is 14.9. The van der Waals surface area contributed by atoms with Crippen LogP contribution < -0.4 is 10.1 Å². The van der Waals surface area contributed by atoms with Gasteiger partial charge in [0.25, 0.3) is 5.91 Å². The van der Waals surface area contributed by atoms with Crippen molar-refractivity contribution < 1.29 is 17.9 Å². The van der Waals surface area contributed by atoms with Gasteiger partial charge in [0.2, 0.25) is 0 Å². The summed E-state index contributed by atoms with van der Waals surface area (Å²) in [4.78, 5) is 11.9. The Bertz CT molecular complexity index is 594. The van der Waals surface area contributed by atoms with Crippen LogP contribution in [0.2, 0.25) is 0 Å². The Labute approximate surface area is 145 Å². The lowest BCUT2D eigenvalue weighted by Gasteiger charge is -2.08. The lowest BCUT2D eigenvalue weighted by Crippen LogP contribution is -2.24. The predicted molar refractivity (Wildman–Crippen MR) is 97.3 cm³/mol. The van der Waals surface area contributed by atoms with Crippen molar-refractivity contribution in [1.29, 1.82) is 0 Å². The minimum absolute atomic E-state index is 0.0827. The number of unbranched alkanes of at least 4 members (excludes halogenated alkanes) is 4. The number of carbonyl (C=O) groups excluding carboxylic acids is 1. The number of hydrogen-bond donors (Lipinski definition) is 1. The third-order valence-electron chi connectivity index (χ3n) is 3.96. The van der Waals surface area contributed by atoms with Crippen LogP contribution >= 0.6 is 0 Å². The van der Waals surface area contributed by atoms with Crippen LogP contribution in [0.25, 0.3) is 0 Å². The summed E-state index contributed by atoms with van der Waals surface area (Å²) in [7, 11) is -1.32. The molecule has 1 rings (SSSR count). The number of methoxy groups -OCH3 is 1.